The van der Waals surface area contributed by atoms with Gasteiger partial charge < -0.3 is 29.2 Å². The highest BCUT2D eigenvalue weighted by Crippen LogP contribution is 2.47. The number of rotatable bonds is 10. The third-order valence-electron chi connectivity index (χ3n) is 5.29. The van der Waals surface area contributed by atoms with E-state index in [-0.39, 0.29) is 11.4 Å². The average molecular weight is 527 g/mol. The molecule has 0 radical (unpaired) electrons. The first-order valence-electron chi connectivity index (χ1n) is 11.2. The van der Waals surface area contributed by atoms with E-state index in [1.807, 2.05) is 4.98 Å². The molecule has 0 unspecified atom stereocenters. The Morgan fingerprint density at radius 3 is 2.50 bits per heavy atom. The maximum absolute atomic E-state index is 13.6. The van der Waals surface area contributed by atoms with Gasteiger partial charge in [0, 0.05) is 6.07 Å². The van der Waals surface area contributed by atoms with Crippen LogP contribution in [0.4, 0.5) is 0 Å². The van der Waals surface area contributed by atoms with Gasteiger partial charge in [0.05, 0.1) is 18.4 Å². The van der Waals surface area contributed by atoms with Gasteiger partial charge in [0.2, 0.25) is 0 Å². The number of nitrogens with one attached hydrogen (secondary N) is 3. The zero-order valence-corrected chi connectivity index (χ0v) is 21.1. The largest absolute Gasteiger partial charge is 0.462 e. The lowest BCUT2D eigenvalue weighted by molar-refractivity contribution is -0.149. The van der Waals surface area contributed by atoms with E-state index in [1.165, 1.54) is 26.0 Å². The third-order valence-corrected chi connectivity index (χ3v) is 6.93. The number of aliphatic hydroxyl groups is 2. The van der Waals surface area contributed by atoms with Gasteiger partial charge in [-0.25, -0.2) is 9.36 Å². The number of aromatic nitrogens is 2. The van der Waals surface area contributed by atoms with E-state index in [0.717, 1.165) is 6.07 Å². The third kappa shape index (κ3) is 6.69. The highest BCUT2D eigenvalue weighted by atomic mass is 31.2. The fraction of sp³-hybridized carbons (Fsp3) is 0.500. The number of hydrogen-bond acceptors (Lipinski definition) is 10. The van der Waals surface area contributed by atoms with Crippen LogP contribution in [0.5, 0.6) is 5.75 Å². The summed E-state index contributed by atoms with van der Waals surface area (Å²) in [6.45, 7) is 5.45. The molecule has 3 rings (SSSR count). The standard InChI is InChI=1S/C22H30N3O10P/c1-12(2)33-20(28)13(3)25-36(31,35-14-8-6-5-7-9-14)32-11-16-18(27)22(4,30)19(34-16)15-10-17(26)24-21(29)23-15/h5-10,12-13,16,18-19,27,30H,11H2,1-4H3,(H,25,31)(H2,23,24,26,29)/t13-,16-,18-,19+,22-,36+/m1/s1. The van der Waals surface area contributed by atoms with E-state index in [4.69, 9.17) is 18.5 Å². The van der Waals surface area contributed by atoms with Crippen molar-refractivity contribution in [2.24, 2.45) is 0 Å². The van der Waals surface area contributed by atoms with Crippen LogP contribution in [0.2, 0.25) is 0 Å². The molecule has 0 amide bonds. The van der Waals surface area contributed by atoms with Gasteiger partial charge in [0.15, 0.2) is 0 Å². The molecule has 6 atom stereocenters. The summed E-state index contributed by atoms with van der Waals surface area (Å²) in [5.41, 5.74) is -3.56. The van der Waals surface area contributed by atoms with Crippen LogP contribution in [0.15, 0.2) is 46.0 Å². The lowest BCUT2D eigenvalue weighted by atomic mass is 9.91. The number of aromatic amines is 2. The van der Waals surface area contributed by atoms with Crippen molar-refractivity contribution in [1.29, 1.82) is 0 Å². The molecule has 5 N–H and O–H groups in total. The summed E-state index contributed by atoms with van der Waals surface area (Å²) in [5.74, 6) is -0.513. The van der Waals surface area contributed by atoms with Gasteiger partial charge >= 0.3 is 19.4 Å². The zero-order valence-electron chi connectivity index (χ0n) is 20.2. The lowest BCUT2D eigenvalue weighted by Crippen LogP contribution is -2.44. The van der Waals surface area contributed by atoms with Crippen molar-refractivity contribution in [3.05, 3.63) is 62.9 Å². The Kier molecular flexibility index (Phi) is 8.55. The summed E-state index contributed by atoms with van der Waals surface area (Å²) in [4.78, 5) is 40.0. The Morgan fingerprint density at radius 2 is 1.89 bits per heavy atom. The van der Waals surface area contributed by atoms with E-state index in [2.05, 4.69) is 10.1 Å². The number of ether oxygens (including phenoxy) is 2. The highest BCUT2D eigenvalue weighted by molar-refractivity contribution is 7.52. The molecule has 0 spiro atoms. The van der Waals surface area contributed by atoms with Gasteiger partial charge in [0.1, 0.15) is 35.7 Å². The Hall–Kier alpha value is -2.80. The SMILES string of the molecule is CC(C)OC(=O)[C@@H](C)N[P@](=O)(OC[C@H]1O[C@@H](c2cc(=O)[nH]c(=O)[nH]2)[C@](C)(O)[C@@H]1O)Oc1ccccc1. The summed E-state index contributed by atoms with van der Waals surface area (Å²) in [7, 11) is -4.26. The van der Waals surface area contributed by atoms with Crippen molar-refractivity contribution in [3.8, 4) is 5.75 Å². The summed E-state index contributed by atoms with van der Waals surface area (Å²) < 4.78 is 35.5. The van der Waals surface area contributed by atoms with Crippen LogP contribution in [0, 0.1) is 0 Å². The molecule has 1 saturated heterocycles. The van der Waals surface area contributed by atoms with Crippen molar-refractivity contribution in [1.82, 2.24) is 15.1 Å². The van der Waals surface area contributed by atoms with Crippen LogP contribution in [0.25, 0.3) is 0 Å². The highest BCUT2D eigenvalue weighted by Gasteiger charge is 2.54. The van der Waals surface area contributed by atoms with Gasteiger partial charge in [-0.05, 0) is 39.8 Å². The summed E-state index contributed by atoms with van der Waals surface area (Å²) in [6.07, 6.45) is -4.53. The van der Waals surface area contributed by atoms with Crippen molar-refractivity contribution in [2.75, 3.05) is 6.61 Å². The predicted molar refractivity (Wildman–Crippen MR) is 126 cm³/mol. The number of benzene rings is 1. The van der Waals surface area contributed by atoms with Gasteiger partial charge in [0.25, 0.3) is 5.56 Å². The monoisotopic (exact) mass is 527 g/mol. The summed E-state index contributed by atoms with van der Waals surface area (Å²) >= 11 is 0. The molecule has 198 valence electrons. The van der Waals surface area contributed by atoms with Crippen molar-refractivity contribution in [3.63, 3.8) is 0 Å². The number of para-hydroxylation sites is 1. The van der Waals surface area contributed by atoms with Gasteiger partial charge in [-0.15, -0.1) is 0 Å². The van der Waals surface area contributed by atoms with Crippen LogP contribution in [0.1, 0.15) is 39.5 Å². The minimum atomic E-state index is -4.26. The van der Waals surface area contributed by atoms with Crippen molar-refractivity contribution < 1.29 is 38.1 Å². The lowest BCUT2D eigenvalue weighted by Gasteiger charge is -2.27. The topological polar surface area (TPSA) is 189 Å². The summed E-state index contributed by atoms with van der Waals surface area (Å²) in [5, 5.41) is 24.0. The second-order valence-corrected chi connectivity index (χ2v) is 10.5. The second kappa shape index (κ2) is 11.1. The smallest absolute Gasteiger partial charge is 0.459 e. The molecule has 13 nitrogen and oxygen atoms in total. The van der Waals surface area contributed by atoms with Gasteiger partial charge in [-0.2, -0.15) is 5.09 Å². The number of esters is 1. The first kappa shape index (κ1) is 27.8. The molecule has 1 aliphatic rings. The normalized spacial score (nSPS) is 26.4. The molecule has 36 heavy (non-hydrogen) atoms. The molecule has 0 saturated carbocycles. The number of H-pyrrole nitrogens is 2. The molecule has 1 aromatic heterocycles. The van der Waals surface area contributed by atoms with E-state index in [1.54, 1.807) is 32.0 Å². The van der Waals surface area contributed by atoms with Crippen molar-refractivity contribution in [2.45, 2.75) is 63.8 Å². The minimum absolute atomic E-state index is 0.0674. The number of aliphatic hydroxyl groups excluding tert-OH is 1. The molecule has 0 bridgehead atoms. The first-order valence-corrected chi connectivity index (χ1v) is 12.7. The Morgan fingerprint density at radius 1 is 1.22 bits per heavy atom. The fourth-order valence-corrected chi connectivity index (χ4v) is 5.07. The molecule has 1 fully saturated rings. The Labute approximate surface area is 206 Å². The second-order valence-electron chi connectivity index (χ2n) is 8.80. The van der Waals surface area contributed by atoms with E-state index in [0.29, 0.717) is 0 Å². The molecular formula is C22H30N3O10P. The first-order chi connectivity index (χ1) is 16.8. The predicted octanol–water partition coefficient (Wildman–Crippen LogP) is 0.748. The Bertz CT molecular complexity index is 1180. The molecule has 14 heteroatoms. The van der Waals surface area contributed by atoms with Crippen LogP contribution in [-0.2, 0) is 23.4 Å². The van der Waals surface area contributed by atoms with Crippen LogP contribution in [0.3, 0.4) is 0 Å². The Balaban J connectivity index is 1.80. The number of carbonyl (C=O) groups is 1. The molecule has 2 aromatic rings. The van der Waals surface area contributed by atoms with Crippen molar-refractivity contribution >= 4 is 13.7 Å². The molecule has 2 heterocycles. The molecule has 0 aliphatic carbocycles. The fourth-order valence-electron chi connectivity index (χ4n) is 3.57. The number of carbonyl (C=O) groups excluding carboxylic acids is 1. The average Bonchev–Trinajstić information content (AvgIpc) is 3.00. The van der Waals surface area contributed by atoms with E-state index < -0.39 is 67.6 Å². The summed E-state index contributed by atoms with van der Waals surface area (Å²) in [6, 6.07) is 7.99. The van der Waals surface area contributed by atoms with Crippen LogP contribution < -0.4 is 20.9 Å². The maximum Gasteiger partial charge on any atom is 0.459 e. The van der Waals surface area contributed by atoms with E-state index >= 15 is 0 Å². The van der Waals surface area contributed by atoms with Gasteiger partial charge in [-0.1, -0.05) is 18.2 Å². The van der Waals surface area contributed by atoms with Crippen LogP contribution in [-0.4, -0.2) is 62.7 Å². The quantitative estimate of drug-likeness (QED) is 0.217. The van der Waals surface area contributed by atoms with Gasteiger partial charge in [-0.3, -0.25) is 19.1 Å². The van der Waals surface area contributed by atoms with Crippen LogP contribution >= 0.6 is 7.75 Å². The van der Waals surface area contributed by atoms with E-state index in [9.17, 15) is 29.2 Å². The zero-order chi connectivity index (χ0) is 26.7. The molecular weight excluding hydrogens is 497 g/mol. The molecule has 1 aliphatic heterocycles. The molecule has 1 aromatic carbocycles. The number of hydrogen-bond donors (Lipinski definition) is 5. The minimum Gasteiger partial charge on any atom is -0.462 e. The maximum atomic E-state index is 13.6.